The highest BCUT2D eigenvalue weighted by Crippen LogP contribution is 2.30. The van der Waals surface area contributed by atoms with Gasteiger partial charge in [-0.2, -0.15) is 0 Å². The van der Waals surface area contributed by atoms with E-state index in [-0.39, 0.29) is 5.56 Å². The summed E-state index contributed by atoms with van der Waals surface area (Å²) >= 11 is 1.81. The summed E-state index contributed by atoms with van der Waals surface area (Å²) in [5, 5.41) is 3.74. The van der Waals surface area contributed by atoms with E-state index in [9.17, 15) is 4.79 Å². The highest BCUT2D eigenvalue weighted by Gasteiger charge is 2.22. The molecule has 2 aromatic heterocycles. The third-order valence-electron chi connectivity index (χ3n) is 5.71. The van der Waals surface area contributed by atoms with Crippen LogP contribution in [-0.4, -0.2) is 29.0 Å². The second-order valence-electron chi connectivity index (χ2n) is 7.87. The van der Waals surface area contributed by atoms with Gasteiger partial charge in [-0.25, -0.2) is 0 Å². The van der Waals surface area contributed by atoms with Gasteiger partial charge in [0.25, 0.3) is 5.56 Å². The number of hydrogen-bond donors (Lipinski definition) is 2. The SMILES string of the molecule is CCc1cc(-c2ccc(CNC3CCN(Cc4ccccc4)C3)s2)c(C)[nH]c1=O. The largest absolute Gasteiger partial charge is 0.326 e. The van der Waals surface area contributed by atoms with E-state index in [1.165, 1.54) is 21.7 Å². The molecule has 0 aliphatic carbocycles. The number of hydrogen-bond acceptors (Lipinski definition) is 4. The van der Waals surface area contributed by atoms with Crippen LogP contribution in [0.2, 0.25) is 0 Å². The van der Waals surface area contributed by atoms with Crippen LogP contribution < -0.4 is 10.9 Å². The summed E-state index contributed by atoms with van der Waals surface area (Å²) in [5.74, 6) is 0. The third-order valence-corrected chi connectivity index (χ3v) is 6.83. The first-order chi connectivity index (χ1) is 14.1. The molecule has 0 saturated carbocycles. The molecule has 1 fully saturated rings. The number of H-pyrrole nitrogens is 1. The molecule has 29 heavy (non-hydrogen) atoms. The number of nitrogens with zero attached hydrogens (tertiary/aromatic N) is 1. The molecule has 1 atom stereocenters. The third kappa shape index (κ3) is 4.86. The summed E-state index contributed by atoms with van der Waals surface area (Å²) in [4.78, 5) is 20.1. The van der Waals surface area contributed by atoms with Crippen molar-refractivity contribution in [2.75, 3.05) is 13.1 Å². The van der Waals surface area contributed by atoms with Gasteiger partial charge >= 0.3 is 0 Å². The zero-order valence-corrected chi connectivity index (χ0v) is 18.0. The van der Waals surface area contributed by atoms with E-state index in [2.05, 4.69) is 63.7 Å². The fraction of sp³-hybridized carbons (Fsp3) is 0.375. The second-order valence-corrected chi connectivity index (χ2v) is 9.04. The van der Waals surface area contributed by atoms with Crippen LogP contribution in [0.3, 0.4) is 0 Å². The minimum absolute atomic E-state index is 0.0356. The molecule has 1 aliphatic rings. The van der Waals surface area contributed by atoms with Crippen molar-refractivity contribution in [3.05, 3.63) is 80.6 Å². The predicted molar refractivity (Wildman–Crippen MR) is 121 cm³/mol. The molecule has 1 aliphatic heterocycles. The van der Waals surface area contributed by atoms with E-state index in [1.807, 2.05) is 25.2 Å². The van der Waals surface area contributed by atoms with Crippen LogP contribution in [0, 0.1) is 6.92 Å². The lowest BCUT2D eigenvalue weighted by atomic mass is 10.1. The monoisotopic (exact) mass is 407 g/mol. The minimum Gasteiger partial charge on any atom is -0.326 e. The average Bonchev–Trinajstić information content (AvgIpc) is 3.37. The van der Waals surface area contributed by atoms with Gasteiger partial charge in [0.05, 0.1) is 0 Å². The molecule has 0 spiro atoms. The summed E-state index contributed by atoms with van der Waals surface area (Å²) in [7, 11) is 0. The summed E-state index contributed by atoms with van der Waals surface area (Å²) in [6.07, 6.45) is 1.95. The summed E-state index contributed by atoms with van der Waals surface area (Å²) in [6, 6.07) is 17.7. The Hall–Kier alpha value is -2.21. The quantitative estimate of drug-likeness (QED) is 0.613. The maximum absolute atomic E-state index is 12.0. The van der Waals surface area contributed by atoms with Gasteiger partial charge in [-0.3, -0.25) is 9.69 Å². The van der Waals surface area contributed by atoms with Gasteiger partial charge in [0.15, 0.2) is 0 Å². The number of aryl methyl sites for hydroxylation is 2. The minimum atomic E-state index is 0.0356. The molecule has 152 valence electrons. The Kier molecular flexibility index (Phi) is 6.28. The molecule has 1 aromatic carbocycles. The van der Waals surface area contributed by atoms with Gasteiger partial charge in [0.1, 0.15) is 0 Å². The molecule has 1 unspecified atom stereocenters. The van der Waals surface area contributed by atoms with Crippen LogP contribution in [0.4, 0.5) is 0 Å². The molecule has 0 bridgehead atoms. The van der Waals surface area contributed by atoms with Crippen molar-refractivity contribution in [1.82, 2.24) is 15.2 Å². The first kappa shape index (κ1) is 20.1. The van der Waals surface area contributed by atoms with Crippen molar-refractivity contribution >= 4 is 11.3 Å². The van der Waals surface area contributed by atoms with Crippen molar-refractivity contribution in [2.24, 2.45) is 0 Å². The topological polar surface area (TPSA) is 48.1 Å². The summed E-state index contributed by atoms with van der Waals surface area (Å²) in [5.41, 5.74) is 4.36. The maximum atomic E-state index is 12.0. The molecule has 3 heterocycles. The van der Waals surface area contributed by atoms with E-state index in [1.54, 1.807) is 0 Å². The van der Waals surface area contributed by atoms with Gasteiger partial charge in [-0.1, -0.05) is 37.3 Å². The maximum Gasteiger partial charge on any atom is 0.251 e. The Labute approximate surface area is 176 Å². The van der Waals surface area contributed by atoms with Gasteiger partial charge in [-0.05, 0) is 43.5 Å². The van der Waals surface area contributed by atoms with E-state index in [0.29, 0.717) is 6.04 Å². The lowest BCUT2D eigenvalue weighted by Gasteiger charge is -2.16. The Morgan fingerprint density at radius 1 is 1.21 bits per heavy atom. The fourth-order valence-corrected chi connectivity index (χ4v) is 5.06. The standard InChI is InChI=1S/C24H29N3OS/c1-3-19-13-22(17(2)26-24(19)28)23-10-9-21(29-23)14-25-20-11-12-27(16-20)15-18-7-5-4-6-8-18/h4-10,13,20,25H,3,11-12,14-16H2,1-2H3,(H,26,28). The Bertz CT molecular complexity index is 1010. The van der Waals surface area contributed by atoms with Gasteiger partial charge < -0.3 is 10.3 Å². The van der Waals surface area contributed by atoms with E-state index >= 15 is 0 Å². The molecule has 4 nitrogen and oxygen atoms in total. The molecule has 3 aromatic rings. The fourth-order valence-electron chi connectivity index (χ4n) is 4.03. The predicted octanol–water partition coefficient (Wildman–Crippen LogP) is 4.34. The lowest BCUT2D eigenvalue weighted by Crippen LogP contribution is -2.31. The smallest absolute Gasteiger partial charge is 0.251 e. The lowest BCUT2D eigenvalue weighted by molar-refractivity contribution is 0.320. The number of pyridine rings is 1. The number of likely N-dealkylation sites (tertiary alicyclic amines) is 1. The number of benzene rings is 1. The Balaban J connectivity index is 1.34. The van der Waals surface area contributed by atoms with Crippen molar-refractivity contribution in [1.29, 1.82) is 0 Å². The molecule has 4 rings (SSSR count). The van der Waals surface area contributed by atoms with Crippen LogP contribution in [-0.2, 0) is 19.5 Å². The van der Waals surface area contributed by atoms with Crippen LogP contribution >= 0.6 is 11.3 Å². The molecule has 0 radical (unpaired) electrons. The van der Waals surface area contributed by atoms with Crippen molar-refractivity contribution < 1.29 is 0 Å². The van der Waals surface area contributed by atoms with Gasteiger partial charge in [0.2, 0.25) is 0 Å². The van der Waals surface area contributed by atoms with Crippen LogP contribution in [0.1, 0.15) is 35.0 Å². The zero-order chi connectivity index (χ0) is 20.2. The molecule has 2 N–H and O–H groups in total. The number of nitrogens with one attached hydrogen (secondary N) is 2. The summed E-state index contributed by atoms with van der Waals surface area (Å²) in [6.45, 7) is 8.19. The highest BCUT2D eigenvalue weighted by molar-refractivity contribution is 7.15. The first-order valence-electron chi connectivity index (χ1n) is 10.4. The Morgan fingerprint density at radius 3 is 2.83 bits per heavy atom. The van der Waals surface area contributed by atoms with Crippen LogP contribution in [0.5, 0.6) is 0 Å². The second kappa shape index (κ2) is 9.08. The van der Waals surface area contributed by atoms with Crippen LogP contribution in [0.15, 0.2) is 53.3 Å². The highest BCUT2D eigenvalue weighted by atomic mass is 32.1. The number of aromatic nitrogens is 1. The zero-order valence-electron chi connectivity index (χ0n) is 17.2. The Morgan fingerprint density at radius 2 is 2.03 bits per heavy atom. The van der Waals surface area contributed by atoms with E-state index in [0.717, 1.165) is 49.4 Å². The average molecular weight is 408 g/mol. The molecule has 1 saturated heterocycles. The first-order valence-corrected chi connectivity index (χ1v) is 11.3. The van der Waals surface area contributed by atoms with E-state index < -0.39 is 0 Å². The van der Waals surface area contributed by atoms with Gasteiger partial charge in [-0.15, -0.1) is 11.3 Å². The molecular weight excluding hydrogens is 378 g/mol. The van der Waals surface area contributed by atoms with Crippen molar-refractivity contribution in [2.45, 2.75) is 45.8 Å². The van der Waals surface area contributed by atoms with Crippen molar-refractivity contribution in [3.63, 3.8) is 0 Å². The number of rotatable bonds is 7. The number of thiophene rings is 1. The van der Waals surface area contributed by atoms with Gasteiger partial charge in [0, 0.05) is 58.8 Å². The molecule has 5 heteroatoms. The van der Waals surface area contributed by atoms with Crippen LogP contribution in [0.25, 0.3) is 10.4 Å². The molecule has 0 amide bonds. The normalized spacial score (nSPS) is 17.1. The number of aromatic amines is 1. The molecular formula is C24H29N3OS. The summed E-state index contributed by atoms with van der Waals surface area (Å²) < 4.78 is 0. The van der Waals surface area contributed by atoms with E-state index in [4.69, 9.17) is 0 Å². The van der Waals surface area contributed by atoms with Crippen molar-refractivity contribution in [3.8, 4) is 10.4 Å².